The smallest absolute Gasteiger partial charge is 0.293 e. The first kappa shape index (κ1) is 18.1. The monoisotopic (exact) mass is 341 g/mol. The zero-order chi connectivity index (χ0) is 18.6. The lowest BCUT2D eigenvalue weighted by Gasteiger charge is -2.11. The van der Waals surface area contributed by atoms with Crippen LogP contribution in [0.25, 0.3) is 0 Å². The third-order valence-corrected chi connectivity index (χ3v) is 3.83. The maximum absolute atomic E-state index is 12.2. The van der Waals surface area contributed by atoms with Gasteiger partial charge in [0.25, 0.3) is 5.69 Å². The number of Topliss-reactive ketones (excluding diaryl/α,β-unsaturated/α-hetero) is 1. The van der Waals surface area contributed by atoms with Crippen LogP contribution in [0.1, 0.15) is 28.4 Å². The number of nitro groups is 1. The Bertz CT molecular complexity index is 846. The molecule has 2 aromatic carbocycles. The summed E-state index contributed by atoms with van der Waals surface area (Å²) in [5.41, 5.74) is 2.64. The number of carbonyl (C=O) groups is 2. The summed E-state index contributed by atoms with van der Waals surface area (Å²) in [6.07, 6.45) is 0. The third-order valence-electron chi connectivity index (χ3n) is 3.83. The molecule has 0 saturated carbocycles. The van der Waals surface area contributed by atoms with Crippen molar-refractivity contribution >= 4 is 28.8 Å². The maximum atomic E-state index is 12.2. The molecule has 7 heteroatoms. The van der Waals surface area contributed by atoms with Crippen LogP contribution in [0.3, 0.4) is 0 Å². The summed E-state index contributed by atoms with van der Waals surface area (Å²) < 4.78 is 0. The second kappa shape index (κ2) is 7.57. The van der Waals surface area contributed by atoms with Crippen molar-refractivity contribution in [1.82, 2.24) is 0 Å². The van der Waals surface area contributed by atoms with Gasteiger partial charge < -0.3 is 10.6 Å². The van der Waals surface area contributed by atoms with Crippen LogP contribution in [0.2, 0.25) is 0 Å². The molecule has 7 nitrogen and oxygen atoms in total. The van der Waals surface area contributed by atoms with Gasteiger partial charge in [-0.25, -0.2) is 0 Å². The van der Waals surface area contributed by atoms with Crippen LogP contribution in [0.4, 0.5) is 17.1 Å². The van der Waals surface area contributed by atoms with Crippen LogP contribution in [0.5, 0.6) is 0 Å². The molecule has 0 unspecified atom stereocenters. The molecule has 130 valence electrons. The molecule has 0 fully saturated rings. The molecule has 2 aromatic rings. The first-order valence-electron chi connectivity index (χ1n) is 7.69. The molecule has 0 aliphatic carbocycles. The lowest BCUT2D eigenvalue weighted by atomic mass is 10.1. The molecule has 0 aliphatic heterocycles. The Labute approximate surface area is 145 Å². The van der Waals surface area contributed by atoms with Gasteiger partial charge in [-0.15, -0.1) is 0 Å². The molecule has 1 amide bonds. The van der Waals surface area contributed by atoms with E-state index in [-0.39, 0.29) is 23.7 Å². The van der Waals surface area contributed by atoms with Gasteiger partial charge in [0.15, 0.2) is 5.78 Å². The number of nitro benzene ring substituents is 1. The Morgan fingerprint density at radius 3 is 2.36 bits per heavy atom. The average Bonchev–Trinajstić information content (AvgIpc) is 2.56. The van der Waals surface area contributed by atoms with Crippen molar-refractivity contribution in [3.05, 3.63) is 63.2 Å². The molecule has 0 heterocycles. The normalized spacial score (nSPS) is 10.2. The average molecular weight is 341 g/mol. The first-order valence-corrected chi connectivity index (χ1v) is 7.69. The number of anilines is 2. The Balaban J connectivity index is 2.13. The summed E-state index contributed by atoms with van der Waals surface area (Å²) in [5.74, 6) is -0.557. The van der Waals surface area contributed by atoms with Crippen LogP contribution < -0.4 is 10.6 Å². The van der Waals surface area contributed by atoms with Gasteiger partial charge in [-0.3, -0.25) is 19.7 Å². The number of para-hydroxylation sites is 1. The van der Waals surface area contributed by atoms with E-state index in [2.05, 4.69) is 10.6 Å². The second-order valence-corrected chi connectivity index (χ2v) is 5.71. The number of ketones is 1. The highest BCUT2D eigenvalue weighted by molar-refractivity contribution is 6.01. The zero-order valence-electron chi connectivity index (χ0n) is 14.3. The summed E-state index contributed by atoms with van der Waals surface area (Å²) in [5, 5.41) is 16.6. The predicted octanol–water partition coefficient (Wildman–Crippen LogP) is 3.46. The van der Waals surface area contributed by atoms with Crippen molar-refractivity contribution in [3.8, 4) is 0 Å². The Kier molecular flexibility index (Phi) is 5.49. The number of carbonyl (C=O) groups excluding carboxylic acids is 2. The lowest BCUT2D eigenvalue weighted by molar-refractivity contribution is -0.384. The van der Waals surface area contributed by atoms with Crippen LogP contribution in [-0.4, -0.2) is 23.2 Å². The van der Waals surface area contributed by atoms with Crippen molar-refractivity contribution in [1.29, 1.82) is 0 Å². The first-order chi connectivity index (χ1) is 11.8. The highest BCUT2D eigenvalue weighted by atomic mass is 16.6. The quantitative estimate of drug-likeness (QED) is 0.476. The number of nitrogens with one attached hydrogen (secondary N) is 2. The van der Waals surface area contributed by atoms with Crippen molar-refractivity contribution in [2.24, 2.45) is 0 Å². The molecule has 0 spiro atoms. The fourth-order valence-electron chi connectivity index (χ4n) is 2.37. The third kappa shape index (κ3) is 4.41. The van der Waals surface area contributed by atoms with Crippen molar-refractivity contribution in [3.63, 3.8) is 0 Å². The topological polar surface area (TPSA) is 101 Å². The number of hydrogen-bond acceptors (Lipinski definition) is 5. The van der Waals surface area contributed by atoms with E-state index in [4.69, 9.17) is 0 Å². The van der Waals surface area contributed by atoms with E-state index >= 15 is 0 Å². The summed E-state index contributed by atoms with van der Waals surface area (Å²) in [6.45, 7) is 4.91. The second-order valence-electron chi connectivity index (χ2n) is 5.71. The number of rotatable bonds is 6. The number of benzene rings is 2. The highest BCUT2D eigenvalue weighted by Gasteiger charge is 2.17. The largest absolute Gasteiger partial charge is 0.376 e. The molecule has 0 aliphatic rings. The van der Waals surface area contributed by atoms with Crippen LogP contribution >= 0.6 is 0 Å². The lowest BCUT2D eigenvalue weighted by Crippen LogP contribution is -2.23. The Hall–Kier alpha value is -3.22. The number of amides is 1. The number of hydrogen-bond donors (Lipinski definition) is 2. The van der Waals surface area contributed by atoms with Gasteiger partial charge in [0.05, 0.1) is 11.5 Å². The number of aryl methyl sites for hydroxylation is 2. The zero-order valence-corrected chi connectivity index (χ0v) is 14.3. The van der Waals surface area contributed by atoms with Gasteiger partial charge in [0.2, 0.25) is 5.91 Å². The van der Waals surface area contributed by atoms with E-state index in [1.54, 1.807) is 37.3 Å². The minimum Gasteiger partial charge on any atom is -0.376 e. The van der Waals surface area contributed by atoms with E-state index in [9.17, 15) is 19.7 Å². The fraction of sp³-hybridized carbons (Fsp3) is 0.222. The molecule has 0 bridgehead atoms. The van der Waals surface area contributed by atoms with Gasteiger partial charge in [0, 0.05) is 17.3 Å². The van der Waals surface area contributed by atoms with Gasteiger partial charge in [0.1, 0.15) is 5.69 Å². The molecule has 0 saturated heterocycles. The van der Waals surface area contributed by atoms with Gasteiger partial charge in [-0.1, -0.05) is 12.1 Å². The van der Waals surface area contributed by atoms with Crippen molar-refractivity contribution in [2.45, 2.75) is 20.8 Å². The SMILES string of the molecule is CC(=O)c1ccccc1NCC(=O)Nc1cc(C)c(C)cc1[N+](=O)[O-]. The standard InChI is InChI=1S/C18H19N3O4/c1-11-8-16(17(21(24)25)9-12(11)2)20-18(23)10-19-15-7-5-4-6-14(15)13(3)22/h4-9,19H,10H2,1-3H3,(H,20,23). The molecular weight excluding hydrogens is 322 g/mol. The summed E-state index contributed by atoms with van der Waals surface area (Å²) >= 11 is 0. The fourth-order valence-corrected chi connectivity index (χ4v) is 2.37. The Morgan fingerprint density at radius 2 is 1.72 bits per heavy atom. The summed E-state index contributed by atoms with van der Waals surface area (Å²) in [6, 6.07) is 9.86. The molecular formula is C18H19N3O4. The highest BCUT2D eigenvalue weighted by Crippen LogP contribution is 2.27. The minimum atomic E-state index is -0.527. The summed E-state index contributed by atoms with van der Waals surface area (Å²) in [4.78, 5) is 34.4. The van der Waals surface area contributed by atoms with Crippen molar-refractivity contribution < 1.29 is 14.5 Å². The van der Waals surface area contributed by atoms with Crippen LogP contribution in [0.15, 0.2) is 36.4 Å². The van der Waals surface area contributed by atoms with E-state index in [1.807, 2.05) is 6.92 Å². The van der Waals surface area contributed by atoms with E-state index in [0.29, 0.717) is 11.3 Å². The molecule has 0 radical (unpaired) electrons. The summed E-state index contributed by atoms with van der Waals surface area (Å²) in [7, 11) is 0. The molecule has 0 atom stereocenters. The number of nitrogens with zero attached hydrogens (tertiary/aromatic N) is 1. The van der Waals surface area contributed by atoms with Gasteiger partial charge in [-0.05, 0) is 50.1 Å². The van der Waals surface area contributed by atoms with E-state index in [0.717, 1.165) is 11.1 Å². The van der Waals surface area contributed by atoms with Crippen molar-refractivity contribution in [2.75, 3.05) is 17.2 Å². The predicted molar refractivity (Wildman–Crippen MR) is 96.1 cm³/mol. The Morgan fingerprint density at radius 1 is 1.08 bits per heavy atom. The van der Waals surface area contributed by atoms with E-state index < -0.39 is 10.8 Å². The molecule has 2 N–H and O–H groups in total. The molecule has 25 heavy (non-hydrogen) atoms. The van der Waals surface area contributed by atoms with Crippen LogP contribution in [0, 0.1) is 24.0 Å². The molecule has 0 aromatic heterocycles. The van der Waals surface area contributed by atoms with Crippen LogP contribution in [-0.2, 0) is 4.79 Å². The van der Waals surface area contributed by atoms with E-state index in [1.165, 1.54) is 13.0 Å². The molecule has 2 rings (SSSR count). The maximum Gasteiger partial charge on any atom is 0.293 e. The van der Waals surface area contributed by atoms with Gasteiger partial charge >= 0.3 is 0 Å². The van der Waals surface area contributed by atoms with Gasteiger partial charge in [-0.2, -0.15) is 0 Å². The minimum absolute atomic E-state index is 0.117.